The Morgan fingerprint density at radius 1 is 1.31 bits per heavy atom. The summed E-state index contributed by atoms with van der Waals surface area (Å²) in [5, 5.41) is 9.99. The van der Waals surface area contributed by atoms with Crippen molar-refractivity contribution in [1.82, 2.24) is 9.88 Å². The lowest BCUT2D eigenvalue weighted by Gasteiger charge is -2.32. The molecular formula is C19H25N3O3S. The van der Waals surface area contributed by atoms with E-state index in [2.05, 4.69) is 23.8 Å². The monoisotopic (exact) mass is 375 g/mol. The summed E-state index contributed by atoms with van der Waals surface area (Å²) in [6, 6.07) is 7.27. The standard InChI is InChI=1S/C19H25N3O3S/c1-14-17(20-19(26-14)22-9-7-21(2)8-10-22)6-11-25-16-5-3-4-15(12-16)13-18(23)24/h3-5,12H,6-11,13H2,1-2H3,(H,23,24). The van der Waals surface area contributed by atoms with Gasteiger partial charge in [0.25, 0.3) is 0 Å². The van der Waals surface area contributed by atoms with Gasteiger partial charge in [0, 0.05) is 37.5 Å². The summed E-state index contributed by atoms with van der Waals surface area (Å²) in [7, 11) is 2.15. The predicted molar refractivity (Wildman–Crippen MR) is 104 cm³/mol. The highest BCUT2D eigenvalue weighted by Gasteiger charge is 2.18. The zero-order valence-electron chi connectivity index (χ0n) is 15.3. The van der Waals surface area contributed by atoms with Crippen LogP contribution in [0.15, 0.2) is 24.3 Å². The number of anilines is 1. The highest BCUT2D eigenvalue weighted by atomic mass is 32.1. The molecule has 140 valence electrons. The molecule has 0 radical (unpaired) electrons. The van der Waals surface area contributed by atoms with Crippen LogP contribution in [-0.4, -0.2) is 60.8 Å². The number of hydrogen-bond donors (Lipinski definition) is 1. The van der Waals surface area contributed by atoms with Crippen molar-refractivity contribution in [1.29, 1.82) is 0 Å². The lowest BCUT2D eigenvalue weighted by atomic mass is 10.1. The highest BCUT2D eigenvalue weighted by Crippen LogP contribution is 2.27. The normalized spacial score (nSPS) is 15.2. The van der Waals surface area contributed by atoms with E-state index in [1.807, 2.05) is 12.1 Å². The predicted octanol–water partition coefficient (Wildman–Crippen LogP) is 2.45. The number of likely N-dealkylation sites (N-methyl/N-ethyl adjacent to an activating group) is 1. The van der Waals surface area contributed by atoms with Crippen molar-refractivity contribution in [3.8, 4) is 5.75 Å². The molecule has 1 aromatic carbocycles. The molecule has 6 nitrogen and oxygen atoms in total. The van der Waals surface area contributed by atoms with Crippen LogP contribution < -0.4 is 9.64 Å². The van der Waals surface area contributed by atoms with Crippen LogP contribution >= 0.6 is 11.3 Å². The topological polar surface area (TPSA) is 65.9 Å². The molecule has 1 aromatic heterocycles. The molecule has 7 heteroatoms. The molecule has 1 saturated heterocycles. The van der Waals surface area contributed by atoms with Crippen LogP contribution in [0.1, 0.15) is 16.1 Å². The molecule has 0 spiro atoms. The average molecular weight is 375 g/mol. The van der Waals surface area contributed by atoms with E-state index in [1.165, 1.54) is 4.88 Å². The van der Waals surface area contributed by atoms with Crippen LogP contribution in [0.25, 0.3) is 0 Å². The number of carboxylic acid groups (broad SMARTS) is 1. The van der Waals surface area contributed by atoms with Crippen LogP contribution in [0, 0.1) is 6.92 Å². The van der Waals surface area contributed by atoms with Crippen molar-refractivity contribution in [2.75, 3.05) is 44.7 Å². The summed E-state index contributed by atoms with van der Waals surface area (Å²) in [6.07, 6.45) is 0.760. The Bertz CT molecular complexity index is 754. The number of aromatic nitrogens is 1. The second kappa shape index (κ2) is 8.51. The SMILES string of the molecule is Cc1sc(N2CCN(C)CC2)nc1CCOc1cccc(CC(=O)O)c1. The number of rotatable bonds is 7. The molecule has 1 aliphatic heterocycles. The molecule has 2 heterocycles. The highest BCUT2D eigenvalue weighted by molar-refractivity contribution is 7.15. The maximum absolute atomic E-state index is 10.8. The molecule has 0 bridgehead atoms. The number of ether oxygens (including phenoxy) is 1. The first kappa shape index (κ1) is 18.7. The van der Waals surface area contributed by atoms with E-state index in [0.29, 0.717) is 12.4 Å². The Morgan fingerprint density at radius 2 is 2.08 bits per heavy atom. The third kappa shape index (κ3) is 4.95. The third-order valence-electron chi connectivity index (χ3n) is 4.52. The van der Waals surface area contributed by atoms with Gasteiger partial charge in [0.2, 0.25) is 0 Å². The minimum Gasteiger partial charge on any atom is -0.493 e. The number of benzene rings is 1. The van der Waals surface area contributed by atoms with Crippen LogP contribution in [-0.2, 0) is 17.6 Å². The first-order valence-corrected chi connectivity index (χ1v) is 9.66. The minimum atomic E-state index is -0.836. The van der Waals surface area contributed by atoms with Gasteiger partial charge in [0.1, 0.15) is 5.75 Å². The van der Waals surface area contributed by atoms with Crippen molar-refractivity contribution in [3.63, 3.8) is 0 Å². The molecule has 3 rings (SSSR count). The minimum absolute atomic E-state index is 0.0107. The van der Waals surface area contributed by atoms with E-state index in [1.54, 1.807) is 23.5 Å². The van der Waals surface area contributed by atoms with Gasteiger partial charge in [-0.1, -0.05) is 12.1 Å². The largest absolute Gasteiger partial charge is 0.493 e. The summed E-state index contributed by atoms with van der Waals surface area (Å²) in [6.45, 7) is 6.84. The fourth-order valence-electron chi connectivity index (χ4n) is 2.96. The second-order valence-electron chi connectivity index (χ2n) is 6.61. The van der Waals surface area contributed by atoms with Crippen LogP contribution in [0.5, 0.6) is 5.75 Å². The quantitative estimate of drug-likeness (QED) is 0.802. The second-order valence-corrected chi connectivity index (χ2v) is 7.79. The van der Waals surface area contributed by atoms with Crippen molar-refractivity contribution >= 4 is 22.4 Å². The number of hydrogen-bond acceptors (Lipinski definition) is 6. The fourth-order valence-corrected chi connectivity index (χ4v) is 3.97. The van der Waals surface area contributed by atoms with Crippen molar-refractivity contribution in [3.05, 3.63) is 40.4 Å². The maximum Gasteiger partial charge on any atom is 0.307 e. The first-order valence-electron chi connectivity index (χ1n) is 8.84. The first-order chi connectivity index (χ1) is 12.5. The van der Waals surface area contributed by atoms with Gasteiger partial charge in [-0.2, -0.15) is 0 Å². The lowest BCUT2D eigenvalue weighted by Crippen LogP contribution is -2.44. The smallest absolute Gasteiger partial charge is 0.307 e. The Labute approximate surface area is 158 Å². The maximum atomic E-state index is 10.8. The van der Waals surface area contributed by atoms with Gasteiger partial charge in [-0.25, -0.2) is 4.98 Å². The van der Waals surface area contributed by atoms with E-state index in [4.69, 9.17) is 14.8 Å². The molecule has 1 N–H and O–H groups in total. The summed E-state index contributed by atoms with van der Waals surface area (Å²) in [5.74, 6) is -0.132. The average Bonchev–Trinajstić information content (AvgIpc) is 2.96. The third-order valence-corrected chi connectivity index (χ3v) is 5.59. The van der Waals surface area contributed by atoms with Crippen LogP contribution in [0.2, 0.25) is 0 Å². The number of nitrogens with zero attached hydrogens (tertiary/aromatic N) is 3. The van der Waals surface area contributed by atoms with E-state index in [9.17, 15) is 4.79 Å². The molecular weight excluding hydrogens is 350 g/mol. The summed E-state index contributed by atoms with van der Waals surface area (Å²) in [5.41, 5.74) is 1.84. The molecule has 0 unspecified atom stereocenters. The molecule has 2 aromatic rings. The van der Waals surface area contributed by atoms with Crippen molar-refractivity contribution in [2.45, 2.75) is 19.8 Å². The Morgan fingerprint density at radius 3 is 2.81 bits per heavy atom. The summed E-state index contributed by atoms with van der Waals surface area (Å²) in [4.78, 5) is 21.6. The van der Waals surface area contributed by atoms with Gasteiger partial charge in [0.05, 0.1) is 18.7 Å². The Hall–Kier alpha value is -2.12. The number of piperazine rings is 1. The molecule has 1 aliphatic rings. The van der Waals surface area contributed by atoms with Gasteiger partial charge < -0.3 is 19.6 Å². The number of aryl methyl sites for hydroxylation is 1. The summed E-state index contributed by atoms with van der Waals surface area (Å²) >= 11 is 1.75. The molecule has 0 atom stereocenters. The number of thiazole rings is 1. The number of carboxylic acids is 1. The number of carbonyl (C=O) groups is 1. The number of aliphatic carboxylic acids is 1. The zero-order chi connectivity index (χ0) is 18.5. The molecule has 26 heavy (non-hydrogen) atoms. The van der Waals surface area contributed by atoms with Crippen LogP contribution in [0.4, 0.5) is 5.13 Å². The van der Waals surface area contributed by atoms with E-state index < -0.39 is 5.97 Å². The van der Waals surface area contributed by atoms with Crippen molar-refractivity contribution < 1.29 is 14.6 Å². The Balaban J connectivity index is 1.54. The molecule has 0 saturated carbocycles. The van der Waals surface area contributed by atoms with Gasteiger partial charge in [0.15, 0.2) is 5.13 Å². The molecule has 0 aliphatic carbocycles. The van der Waals surface area contributed by atoms with Crippen molar-refractivity contribution in [2.24, 2.45) is 0 Å². The van der Waals surface area contributed by atoms with E-state index >= 15 is 0 Å². The van der Waals surface area contributed by atoms with Gasteiger partial charge in [-0.05, 0) is 31.7 Å². The molecule has 1 fully saturated rings. The summed E-state index contributed by atoms with van der Waals surface area (Å²) < 4.78 is 5.81. The van der Waals surface area contributed by atoms with Gasteiger partial charge in [-0.3, -0.25) is 4.79 Å². The zero-order valence-corrected chi connectivity index (χ0v) is 16.1. The molecule has 0 amide bonds. The van der Waals surface area contributed by atoms with Gasteiger partial charge in [-0.15, -0.1) is 11.3 Å². The van der Waals surface area contributed by atoms with E-state index in [-0.39, 0.29) is 6.42 Å². The van der Waals surface area contributed by atoms with Gasteiger partial charge >= 0.3 is 5.97 Å². The van der Waals surface area contributed by atoms with E-state index in [0.717, 1.165) is 49.0 Å². The Kier molecular flexibility index (Phi) is 6.11. The van der Waals surface area contributed by atoms with Crippen LogP contribution in [0.3, 0.4) is 0 Å². The lowest BCUT2D eigenvalue weighted by molar-refractivity contribution is -0.136. The fraction of sp³-hybridized carbons (Fsp3) is 0.474.